The Hall–Kier alpha value is -0.840. The molecule has 0 aliphatic heterocycles. The first-order valence-corrected chi connectivity index (χ1v) is 7.31. The first-order chi connectivity index (χ1) is 9.01. The van der Waals surface area contributed by atoms with Gasteiger partial charge in [-0.2, -0.15) is 13.2 Å². The highest BCUT2D eigenvalue weighted by Gasteiger charge is 2.28. The van der Waals surface area contributed by atoms with E-state index in [0.717, 1.165) is 12.8 Å². The van der Waals surface area contributed by atoms with E-state index >= 15 is 0 Å². The van der Waals surface area contributed by atoms with Crippen molar-refractivity contribution in [3.8, 4) is 5.75 Å². The number of alkyl halides is 3. The lowest BCUT2D eigenvalue weighted by Gasteiger charge is -2.08. The summed E-state index contributed by atoms with van der Waals surface area (Å²) in [5, 5.41) is 0. The van der Waals surface area contributed by atoms with Crippen LogP contribution in [0.15, 0.2) is 29.2 Å². The molecule has 0 N–H and O–H groups in total. The fourth-order valence-electron chi connectivity index (χ4n) is 1.63. The van der Waals surface area contributed by atoms with Crippen LogP contribution in [-0.2, 0) is 0 Å². The van der Waals surface area contributed by atoms with Gasteiger partial charge >= 0.3 is 5.51 Å². The maximum atomic E-state index is 12.1. The molecule has 1 aromatic rings. The molecule has 1 aromatic carbocycles. The first-order valence-electron chi connectivity index (χ1n) is 6.50. The largest absolute Gasteiger partial charge is 0.494 e. The third-order valence-corrected chi connectivity index (χ3v) is 3.31. The van der Waals surface area contributed by atoms with Crippen molar-refractivity contribution in [1.82, 2.24) is 0 Å². The minimum atomic E-state index is -4.23. The van der Waals surface area contributed by atoms with Crippen LogP contribution in [0.25, 0.3) is 0 Å². The summed E-state index contributed by atoms with van der Waals surface area (Å²) in [6.45, 7) is 2.78. The molecule has 5 heteroatoms. The molecule has 108 valence electrons. The molecule has 0 atom stereocenters. The summed E-state index contributed by atoms with van der Waals surface area (Å²) in [6.07, 6.45) is 5.78. The summed E-state index contributed by atoms with van der Waals surface area (Å²) in [6, 6.07) is 6.04. The Balaban J connectivity index is 2.25. The molecular formula is C14H19F3OS. The van der Waals surface area contributed by atoms with Gasteiger partial charge in [0.05, 0.1) is 6.61 Å². The third-order valence-electron chi connectivity index (χ3n) is 2.57. The second-order valence-electron chi connectivity index (χ2n) is 4.28. The highest BCUT2D eigenvalue weighted by atomic mass is 32.2. The van der Waals surface area contributed by atoms with Gasteiger partial charge in [0, 0.05) is 4.90 Å². The van der Waals surface area contributed by atoms with Gasteiger partial charge in [-0.1, -0.05) is 32.6 Å². The summed E-state index contributed by atoms with van der Waals surface area (Å²) in [5.41, 5.74) is -4.23. The van der Waals surface area contributed by atoms with Crippen molar-refractivity contribution >= 4 is 11.8 Å². The Morgan fingerprint density at radius 3 is 2.21 bits per heavy atom. The van der Waals surface area contributed by atoms with Gasteiger partial charge < -0.3 is 4.74 Å². The Morgan fingerprint density at radius 2 is 1.63 bits per heavy atom. The summed E-state index contributed by atoms with van der Waals surface area (Å²) in [5.74, 6) is 0.627. The number of rotatable bonds is 8. The molecule has 0 aliphatic rings. The lowest BCUT2D eigenvalue weighted by Crippen LogP contribution is -1.99. The van der Waals surface area contributed by atoms with E-state index in [1.165, 1.54) is 31.4 Å². The maximum absolute atomic E-state index is 12.1. The van der Waals surface area contributed by atoms with E-state index in [1.807, 2.05) is 0 Å². The summed E-state index contributed by atoms with van der Waals surface area (Å²) in [4.78, 5) is 0.183. The van der Waals surface area contributed by atoms with E-state index in [0.29, 0.717) is 12.4 Å². The predicted molar refractivity (Wildman–Crippen MR) is 72.6 cm³/mol. The lowest BCUT2D eigenvalue weighted by molar-refractivity contribution is -0.0328. The molecule has 0 aromatic heterocycles. The fraction of sp³-hybridized carbons (Fsp3) is 0.571. The molecule has 0 amide bonds. The Labute approximate surface area is 116 Å². The van der Waals surface area contributed by atoms with Crippen molar-refractivity contribution < 1.29 is 17.9 Å². The van der Waals surface area contributed by atoms with Crippen molar-refractivity contribution in [3.05, 3.63) is 24.3 Å². The third kappa shape index (κ3) is 8.03. The number of ether oxygens (including phenoxy) is 1. The molecule has 0 spiro atoms. The average molecular weight is 292 g/mol. The fourth-order valence-corrected chi connectivity index (χ4v) is 2.17. The molecule has 0 saturated heterocycles. The molecule has 0 saturated carbocycles. The van der Waals surface area contributed by atoms with E-state index in [9.17, 15) is 13.2 Å². The van der Waals surface area contributed by atoms with Crippen LogP contribution in [0, 0.1) is 0 Å². The molecule has 1 nitrogen and oxygen atoms in total. The topological polar surface area (TPSA) is 9.23 Å². The van der Waals surface area contributed by atoms with Crippen molar-refractivity contribution in [2.45, 2.75) is 49.4 Å². The second kappa shape index (κ2) is 8.35. The zero-order chi connectivity index (χ0) is 14.1. The highest BCUT2D eigenvalue weighted by Crippen LogP contribution is 2.37. The van der Waals surface area contributed by atoms with Crippen LogP contribution in [0.5, 0.6) is 5.75 Å². The monoisotopic (exact) mass is 292 g/mol. The Kier molecular flexibility index (Phi) is 7.13. The van der Waals surface area contributed by atoms with Crippen molar-refractivity contribution in [3.63, 3.8) is 0 Å². The van der Waals surface area contributed by atoms with Crippen LogP contribution in [0.2, 0.25) is 0 Å². The predicted octanol–water partition coefficient (Wildman–Crippen LogP) is 5.65. The van der Waals surface area contributed by atoms with Crippen molar-refractivity contribution in [2.75, 3.05) is 6.61 Å². The molecule has 0 fully saturated rings. The molecule has 0 bridgehead atoms. The quantitative estimate of drug-likeness (QED) is 0.452. The summed E-state index contributed by atoms with van der Waals surface area (Å²) < 4.78 is 41.9. The van der Waals surface area contributed by atoms with Crippen molar-refractivity contribution in [1.29, 1.82) is 0 Å². The van der Waals surface area contributed by atoms with Crippen LogP contribution in [0.1, 0.15) is 39.0 Å². The minimum Gasteiger partial charge on any atom is -0.494 e. The number of hydrogen-bond donors (Lipinski definition) is 0. The molecular weight excluding hydrogens is 273 g/mol. The molecule has 19 heavy (non-hydrogen) atoms. The number of benzene rings is 1. The van der Waals surface area contributed by atoms with Gasteiger partial charge in [0.1, 0.15) is 5.75 Å². The Bertz CT molecular complexity index is 349. The molecule has 0 heterocycles. The smallest absolute Gasteiger partial charge is 0.446 e. The van der Waals surface area contributed by atoms with E-state index < -0.39 is 5.51 Å². The minimum absolute atomic E-state index is 0.109. The normalized spacial score (nSPS) is 11.6. The van der Waals surface area contributed by atoms with Crippen LogP contribution < -0.4 is 4.74 Å². The lowest BCUT2D eigenvalue weighted by atomic mass is 10.2. The number of hydrogen-bond acceptors (Lipinski definition) is 2. The van der Waals surface area contributed by atoms with Crippen molar-refractivity contribution in [2.24, 2.45) is 0 Å². The standard InChI is InChI=1S/C14H19F3OS/c1-2-3-4-5-6-11-18-12-7-9-13(10-8-12)19-14(15,16)17/h7-10H,2-6,11H2,1H3. The number of thioether (sulfide) groups is 1. The van der Waals surface area contributed by atoms with E-state index in [-0.39, 0.29) is 16.7 Å². The Morgan fingerprint density at radius 1 is 1.00 bits per heavy atom. The van der Waals surface area contributed by atoms with Gasteiger partial charge in [0.2, 0.25) is 0 Å². The summed E-state index contributed by atoms with van der Waals surface area (Å²) >= 11 is -0.109. The first kappa shape index (κ1) is 16.2. The van der Waals surface area contributed by atoms with Gasteiger partial charge in [-0.25, -0.2) is 0 Å². The molecule has 0 radical (unpaired) electrons. The number of halogens is 3. The summed E-state index contributed by atoms with van der Waals surface area (Å²) in [7, 11) is 0. The van der Waals surface area contributed by atoms with Crippen LogP contribution >= 0.6 is 11.8 Å². The second-order valence-corrected chi connectivity index (χ2v) is 5.42. The molecule has 0 unspecified atom stereocenters. The zero-order valence-electron chi connectivity index (χ0n) is 11.0. The molecule has 0 aliphatic carbocycles. The zero-order valence-corrected chi connectivity index (χ0v) is 11.8. The van der Waals surface area contributed by atoms with E-state index in [1.54, 1.807) is 12.1 Å². The van der Waals surface area contributed by atoms with Crippen LogP contribution in [0.3, 0.4) is 0 Å². The highest BCUT2D eigenvalue weighted by molar-refractivity contribution is 8.00. The number of unbranched alkanes of at least 4 members (excludes halogenated alkanes) is 4. The van der Waals surface area contributed by atoms with Crippen LogP contribution in [0.4, 0.5) is 13.2 Å². The maximum Gasteiger partial charge on any atom is 0.446 e. The van der Waals surface area contributed by atoms with Gasteiger partial charge in [-0.05, 0) is 42.4 Å². The van der Waals surface area contributed by atoms with Gasteiger partial charge in [0.15, 0.2) is 0 Å². The molecule has 1 rings (SSSR count). The average Bonchev–Trinajstić information content (AvgIpc) is 2.34. The SMILES string of the molecule is CCCCCCCOc1ccc(SC(F)(F)F)cc1. The van der Waals surface area contributed by atoms with Gasteiger partial charge in [-0.15, -0.1) is 0 Å². The van der Waals surface area contributed by atoms with E-state index in [2.05, 4.69) is 6.92 Å². The van der Waals surface area contributed by atoms with Gasteiger partial charge in [0.25, 0.3) is 0 Å². The van der Waals surface area contributed by atoms with Gasteiger partial charge in [-0.3, -0.25) is 0 Å². The van der Waals surface area contributed by atoms with Crippen LogP contribution in [-0.4, -0.2) is 12.1 Å². The van der Waals surface area contributed by atoms with E-state index in [4.69, 9.17) is 4.74 Å².